The van der Waals surface area contributed by atoms with Gasteiger partial charge in [-0.25, -0.2) is 18.0 Å². The first-order valence-electron chi connectivity index (χ1n) is 4.79. The molecule has 3 nitrogen and oxygen atoms in total. The minimum atomic E-state index is -1.30. The maximum absolute atomic E-state index is 13.4. The summed E-state index contributed by atoms with van der Waals surface area (Å²) in [5, 5.41) is 2.47. The van der Waals surface area contributed by atoms with Crippen LogP contribution in [0.2, 0.25) is 0 Å². The van der Waals surface area contributed by atoms with E-state index in [0.29, 0.717) is 19.0 Å². The van der Waals surface area contributed by atoms with E-state index in [0.717, 1.165) is 11.0 Å². The minimum absolute atomic E-state index is 0.242. The summed E-state index contributed by atoms with van der Waals surface area (Å²) in [6.45, 7) is 0.723. The molecule has 0 aliphatic carbocycles. The highest BCUT2D eigenvalue weighted by molar-refractivity contribution is 5.92. The zero-order valence-electron chi connectivity index (χ0n) is 8.27. The molecule has 16 heavy (non-hydrogen) atoms. The van der Waals surface area contributed by atoms with Crippen LogP contribution in [0.3, 0.4) is 0 Å². The van der Waals surface area contributed by atoms with Gasteiger partial charge in [0.2, 0.25) is 0 Å². The van der Waals surface area contributed by atoms with Crippen molar-refractivity contribution < 1.29 is 18.0 Å². The molecular formula is C10H9F3N2O. The number of carbonyl (C=O) groups excluding carboxylic acids is 1. The van der Waals surface area contributed by atoms with Crippen LogP contribution in [-0.2, 0) is 0 Å². The van der Waals surface area contributed by atoms with Crippen molar-refractivity contribution in [3.8, 4) is 0 Å². The number of benzene rings is 1. The van der Waals surface area contributed by atoms with Crippen molar-refractivity contribution in [2.75, 3.05) is 18.0 Å². The highest BCUT2D eigenvalue weighted by Crippen LogP contribution is 2.24. The molecule has 0 atom stereocenters. The third-order valence-electron chi connectivity index (χ3n) is 2.34. The van der Waals surface area contributed by atoms with Gasteiger partial charge in [-0.1, -0.05) is 0 Å². The van der Waals surface area contributed by atoms with E-state index in [1.54, 1.807) is 0 Å². The quantitative estimate of drug-likeness (QED) is 0.735. The molecule has 0 aromatic heterocycles. The van der Waals surface area contributed by atoms with Crippen LogP contribution >= 0.6 is 0 Å². The standard InChI is InChI=1S/C10H9F3N2O/c11-6-4-7(12)9(13)8(5-6)15-3-1-2-14-10(15)16/h4-5H,1-3H2,(H,14,16). The minimum Gasteiger partial charge on any atom is -0.338 e. The number of halogens is 3. The third-order valence-corrected chi connectivity index (χ3v) is 2.34. The molecule has 0 spiro atoms. The van der Waals surface area contributed by atoms with Gasteiger partial charge in [-0.3, -0.25) is 4.90 Å². The van der Waals surface area contributed by atoms with E-state index in [1.165, 1.54) is 0 Å². The lowest BCUT2D eigenvalue weighted by atomic mass is 10.2. The van der Waals surface area contributed by atoms with Crippen LogP contribution in [0, 0.1) is 17.5 Å². The Morgan fingerprint density at radius 2 is 2.00 bits per heavy atom. The second-order valence-electron chi connectivity index (χ2n) is 3.46. The average Bonchev–Trinajstić information content (AvgIpc) is 2.24. The Morgan fingerprint density at radius 3 is 2.69 bits per heavy atom. The fraction of sp³-hybridized carbons (Fsp3) is 0.300. The Morgan fingerprint density at radius 1 is 1.25 bits per heavy atom. The van der Waals surface area contributed by atoms with Gasteiger partial charge in [-0.2, -0.15) is 0 Å². The van der Waals surface area contributed by atoms with Crippen LogP contribution in [0.15, 0.2) is 12.1 Å². The molecule has 0 unspecified atom stereocenters. The summed E-state index contributed by atoms with van der Waals surface area (Å²) < 4.78 is 39.2. The fourth-order valence-electron chi connectivity index (χ4n) is 1.60. The van der Waals surface area contributed by atoms with E-state index >= 15 is 0 Å². The van der Waals surface area contributed by atoms with Crippen molar-refractivity contribution in [3.63, 3.8) is 0 Å². The lowest BCUT2D eigenvalue weighted by molar-refractivity contribution is 0.242. The van der Waals surface area contributed by atoms with E-state index in [1.807, 2.05) is 0 Å². The van der Waals surface area contributed by atoms with Crippen LogP contribution in [0.1, 0.15) is 6.42 Å². The number of carbonyl (C=O) groups is 1. The molecule has 1 fully saturated rings. The zero-order chi connectivity index (χ0) is 11.7. The van der Waals surface area contributed by atoms with E-state index in [2.05, 4.69) is 5.32 Å². The smallest absolute Gasteiger partial charge is 0.321 e. The van der Waals surface area contributed by atoms with Gasteiger partial charge in [-0.05, 0) is 6.42 Å². The summed E-state index contributed by atoms with van der Waals surface area (Å²) in [6, 6.07) is 0.708. The van der Waals surface area contributed by atoms with Gasteiger partial charge in [0.25, 0.3) is 0 Å². The molecule has 1 aliphatic rings. The number of urea groups is 1. The Kier molecular flexibility index (Phi) is 2.72. The Hall–Kier alpha value is -1.72. The summed E-state index contributed by atoms with van der Waals surface area (Å²) in [5.74, 6) is -3.42. The highest BCUT2D eigenvalue weighted by Gasteiger charge is 2.24. The summed E-state index contributed by atoms with van der Waals surface area (Å²) in [4.78, 5) is 12.4. The molecule has 2 rings (SSSR count). The maximum atomic E-state index is 13.4. The SMILES string of the molecule is O=C1NCCCN1c1cc(F)cc(F)c1F. The normalized spacial score (nSPS) is 16.2. The van der Waals surface area contributed by atoms with Gasteiger partial charge in [0.05, 0.1) is 5.69 Å². The molecule has 1 saturated heterocycles. The Bertz CT molecular complexity index is 436. The molecule has 86 valence electrons. The van der Waals surface area contributed by atoms with E-state index in [4.69, 9.17) is 0 Å². The second kappa shape index (κ2) is 4.03. The molecular weight excluding hydrogens is 221 g/mol. The summed E-state index contributed by atoms with van der Waals surface area (Å²) in [7, 11) is 0. The van der Waals surface area contributed by atoms with Crippen LogP contribution in [-0.4, -0.2) is 19.1 Å². The number of nitrogens with zero attached hydrogens (tertiary/aromatic N) is 1. The molecule has 1 aliphatic heterocycles. The van der Waals surface area contributed by atoms with E-state index in [-0.39, 0.29) is 12.2 Å². The second-order valence-corrected chi connectivity index (χ2v) is 3.46. The van der Waals surface area contributed by atoms with Gasteiger partial charge >= 0.3 is 6.03 Å². The van der Waals surface area contributed by atoms with Gasteiger partial charge in [0.15, 0.2) is 11.6 Å². The lowest BCUT2D eigenvalue weighted by Crippen LogP contribution is -2.47. The van der Waals surface area contributed by atoms with E-state index in [9.17, 15) is 18.0 Å². The Balaban J connectivity index is 2.42. The predicted molar refractivity (Wildman–Crippen MR) is 51.7 cm³/mol. The topological polar surface area (TPSA) is 32.3 Å². The monoisotopic (exact) mass is 230 g/mol. The fourth-order valence-corrected chi connectivity index (χ4v) is 1.60. The molecule has 1 heterocycles. The van der Waals surface area contributed by atoms with Crippen LogP contribution < -0.4 is 10.2 Å². The van der Waals surface area contributed by atoms with Crippen LogP contribution in [0.4, 0.5) is 23.7 Å². The van der Waals surface area contributed by atoms with E-state index < -0.39 is 23.5 Å². The molecule has 1 N–H and O–H groups in total. The number of anilines is 1. The summed E-state index contributed by atoms with van der Waals surface area (Å²) >= 11 is 0. The first kappa shape index (κ1) is 10.8. The largest absolute Gasteiger partial charge is 0.338 e. The molecule has 6 heteroatoms. The van der Waals surface area contributed by atoms with Gasteiger partial charge < -0.3 is 5.32 Å². The van der Waals surface area contributed by atoms with Crippen molar-refractivity contribution >= 4 is 11.7 Å². The number of rotatable bonds is 1. The predicted octanol–water partition coefficient (Wildman–Crippen LogP) is 2.02. The first-order valence-corrected chi connectivity index (χ1v) is 4.79. The lowest BCUT2D eigenvalue weighted by Gasteiger charge is -2.27. The van der Waals surface area contributed by atoms with Crippen LogP contribution in [0.25, 0.3) is 0 Å². The van der Waals surface area contributed by atoms with Gasteiger partial charge in [0.1, 0.15) is 5.82 Å². The van der Waals surface area contributed by atoms with Gasteiger partial charge in [0, 0.05) is 25.2 Å². The van der Waals surface area contributed by atoms with Crippen LogP contribution in [0.5, 0.6) is 0 Å². The maximum Gasteiger partial charge on any atom is 0.321 e. The summed E-state index contributed by atoms with van der Waals surface area (Å²) in [5.41, 5.74) is -0.366. The molecule has 0 bridgehead atoms. The average molecular weight is 230 g/mol. The molecule has 1 aromatic rings. The first-order chi connectivity index (χ1) is 7.59. The van der Waals surface area contributed by atoms with Crippen molar-refractivity contribution in [1.29, 1.82) is 0 Å². The molecule has 1 aromatic carbocycles. The Labute approximate surface area is 89.9 Å². The third kappa shape index (κ3) is 1.82. The zero-order valence-corrected chi connectivity index (χ0v) is 8.27. The van der Waals surface area contributed by atoms with Gasteiger partial charge in [-0.15, -0.1) is 0 Å². The number of hydrogen-bond donors (Lipinski definition) is 1. The van der Waals surface area contributed by atoms with Crippen molar-refractivity contribution in [2.45, 2.75) is 6.42 Å². The molecule has 0 radical (unpaired) electrons. The highest BCUT2D eigenvalue weighted by atomic mass is 19.2. The van der Waals surface area contributed by atoms with Crippen molar-refractivity contribution in [2.24, 2.45) is 0 Å². The number of amides is 2. The number of hydrogen-bond acceptors (Lipinski definition) is 1. The summed E-state index contributed by atoms with van der Waals surface area (Å²) in [6.07, 6.45) is 0.601. The van der Waals surface area contributed by atoms with Crippen molar-refractivity contribution in [1.82, 2.24) is 5.32 Å². The molecule has 0 saturated carbocycles. The van der Waals surface area contributed by atoms with Crippen molar-refractivity contribution in [3.05, 3.63) is 29.6 Å². The number of nitrogens with one attached hydrogen (secondary N) is 1. The molecule has 2 amide bonds.